The first-order valence-electron chi connectivity index (χ1n) is 20.6. The van der Waals surface area contributed by atoms with Crippen molar-refractivity contribution in [3.05, 3.63) is 213 Å². The van der Waals surface area contributed by atoms with Gasteiger partial charge in [0.15, 0.2) is 0 Å². The molecule has 2 nitrogen and oxygen atoms in total. The van der Waals surface area contributed by atoms with Crippen molar-refractivity contribution in [3.63, 3.8) is 0 Å². The lowest BCUT2D eigenvalue weighted by molar-refractivity contribution is 0.603. The first-order chi connectivity index (χ1) is 29.6. The SMILES string of the molecule is C/C=C\C=C/C.C=Cc1oc2ccc(-c3ccc4c(c3)c3c5cccc6c5c(cc3n4-c3ccc(-c4cccc(-c5ccccc5)c4)cc3)-c3ccccc3-6)cc2c1C=C. The molecule has 2 heteroatoms. The van der Waals surface area contributed by atoms with E-state index in [1.165, 1.54) is 77.1 Å². The molecule has 0 N–H and O–H groups in total. The maximum atomic E-state index is 6.08. The second-order valence-corrected chi connectivity index (χ2v) is 15.2. The average Bonchev–Trinajstić information content (AvgIpc) is 3.96. The predicted molar refractivity (Wildman–Crippen MR) is 259 cm³/mol. The number of rotatable bonds is 7. The lowest BCUT2D eigenvalue weighted by Gasteiger charge is -2.12. The summed E-state index contributed by atoms with van der Waals surface area (Å²) in [6.07, 6.45) is 11.6. The van der Waals surface area contributed by atoms with Crippen molar-refractivity contribution < 1.29 is 4.42 Å². The predicted octanol–water partition coefficient (Wildman–Crippen LogP) is 16.8. The molecule has 1 aliphatic carbocycles. The average molecular weight is 770 g/mol. The highest BCUT2D eigenvalue weighted by Gasteiger charge is 2.25. The van der Waals surface area contributed by atoms with Crippen molar-refractivity contribution in [2.24, 2.45) is 0 Å². The third-order valence-electron chi connectivity index (χ3n) is 11.8. The van der Waals surface area contributed by atoms with Crippen LogP contribution in [0.3, 0.4) is 0 Å². The number of furan rings is 1. The van der Waals surface area contributed by atoms with Gasteiger partial charge in [-0.2, -0.15) is 0 Å². The summed E-state index contributed by atoms with van der Waals surface area (Å²) in [5, 5.41) is 6.14. The fourth-order valence-corrected chi connectivity index (χ4v) is 9.05. The van der Waals surface area contributed by atoms with E-state index in [1.54, 1.807) is 6.08 Å². The normalized spacial score (nSPS) is 11.8. The topological polar surface area (TPSA) is 18.1 Å². The number of benzene rings is 8. The fraction of sp³-hybridized carbons (Fsp3) is 0.0345. The Morgan fingerprint density at radius 3 is 1.72 bits per heavy atom. The van der Waals surface area contributed by atoms with E-state index in [0.29, 0.717) is 0 Å². The van der Waals surface area contributed by atoms with Crippen LogP contribution in [0.4, 0.5) is 0 Å². The molecule has 0 fully saturated rings. The van der Waals surface area contributed by atoms with Gasteiger partial charge < -0.3 is 8.98 Å². The van der Waals surface area contributed by atoms with Crippen molar-refractivity contribution in [3.8, 4) is 61.3 Å². The van der Waals surface area contributed by atoms with Crippen LogP contribution in [0.2, 0.25) is 0 Å². The molecule has 2 aromatic heterocycles. The van der Waals surface area contributed by atoms with Gasteiger partial charge in [0.2, 0.25) is 0 Å². The van der Waals surface area contributed by atoms with Crippen LogP contribution in [0.25, 0.3) is 117 Å². The Morgan fingerprint density at radius 1 is 0.433 bits per heavy atom. The third kappa shape index (κ3) is 6.04. The van der Waals surface area contributed by atoms with Gasteiger partial charge in [0.05, 0.1) is 11.0 Å². The minimum atomic E-state index is 0.746. The van der Waals surface area contributed by atoms with E-state index in [1.807, 2.05) is 44.2 Å². The molecule has 0 atom stereocenters. The van der Waals surface area contributed by atoms with Gasteiger partial charge in [-0.1, -0.05) is 159 Å². The standard InChI is InChI=1S/C52H33NO.C6H10/c1-3-39-44-29-37(23-27-50(44)54-49(39)4-2)36-22-26-47-46(30-36)52-43-19-11-18-42-40-16-8-9-17-41(40)45(51(42)43)31-48(52)53(47)38-24-20-33(21-25-38)35-15-10-14-34(28-35)32-12-6-5-7-13-32;1-3-5-6-4-2/h3-31H,1-2H2;3-6H,1-2H3/b;5-3-,6-4-. The van der Waals surface area contributed by atoms with Crippen LogP contribution in [0.1, 0.15) is 25.2 Å². The largest absolute Gasteiger partial charge is 0.456 e. The molecule has 0 saturated carbocycles. The fourth-order valence-electron chi connectivity index (χ4n) is 9.05. The van der Waals surface area contributed by atoms with Gasteiger partial charge in [-0.05, 0) is 135 Å². The molecule has 60 heavy (non-hydrogen) atoms. The van der Waals surface area contributed by atoms with Crippen LogP contribution in [-0.4, -0.2) is 4.57 Å². The molecule has 0 bridgehead atoms. The smallest absolute Gasteiger partial charge is 0.135 e. The van der Waals surface area contributed by atoms with Crippen LogP contribution in [-0.2, 0) is 0 Å². The first-order valence-corrected chi connectivity index (χ1v) is 20.6. The van der Waals surface area contributed by atoms with E-state index in [-0.39, 0.29) is 0 Å². The minimum absolute atomic E-state index is 0.746. The minimum Gasteiger partial charge on any atom is -0.456 e. The molecular weight excluding hydrogens is 727 g/mol. The second kappa shape index (κ2) is 15.2. The number of nitrogens with zero attached hydrogens (tertiary/aromatic N) is 1. The summed E-state index contributed by atoms with van der Waals surface area (Å²) in [5.74, 6) is 0.746. The van der Waals surface area contributed by atoms with Crippen LogP contribution in [0.15, 0.2) is 206 Å². The molecular formula is C58H43NO. The molecule has 2 heterocycles. The molecule has 1 aliphatic rings. The van der Waals surface area contributed by atoms with Crippen LogP contribution >= 0.6 is 0 Å². The first kappa shape index (κ1) is 36.6. The van der Waals surface area contributed by atoms with E-state index in [0.717, 1.165) is 39.1 Å². The Bertz CT molecular complexity index is 3340. The second-order valence-electron chi connectivity index (χ2n) is 15.2. The summed E-state index contributed by atoms with van der Waals surface area (Å²) >= 11 is 0. The van der Waals surface area contributed by atoms with Crippen LogP contribution in [0, 0.1) is 0 Å². The maximum absolute atomic E-state index is 6.08. The Kier molecular flexibility index (Phi) is 9.31. The molecule has 0 saturated heterocycles. The molecule has 8 aromatic carbocycles. The van der Waals surface area contributed by atoms with Crippen molar-refractivity contribution in [2.75, 3.05) is 0 Å². The van der Waals surface area contributed by atoms with Crippen molar-refractivity contribution in [2.45, 2.75) is 13.8 Å². The van der Waals surface area contributed by atoms with Crippen LogP contribution in [0.5, 0.6) is 0 Å². The molecule has 0 amide bonds. The van der Waals surface area contributed by atoms with Crippen molar-refractivity contribution >= 4 is 55.7 Å². The van der Waals surface area contributed by atoms with E-state index in [2.05, 4.69) is 182 Å². The third-order valence-corrected chi connectivity index (χ3v) is 11.8. The number of fused-ring (bicyclic) bond motifs is 8. The van der Waals surface area contributed by atoms with Crippen LogP contribution < -0.4 is 0 Å². The molecule has 0 spiro atoms. The maximum Gasteiger partial charge on any atom is 0.135 e. The Hall–Kier alpha value is -7.68. The summed E-state index contributed by atoms with van der Waals surface area (Å²) in [6, 6.07) is 59.8. The highest BCUT2D eigenvalue weighted by molar-refractivity contribution is 6.29. The zero-order valence-electron chi connectivity index (χ0n) is 33.8. The highest BCUT2D eigenvalue weighted by atomic mass is 16.3. The zero-order chi connectivity index (χ0) is 40.7. The lowest BCUT2D eigenvalue weighted by Crippen LogP contribution is -1.94. The van der Waals surface area contributed by atoms with E-state index < -0.39 is 0 Å². The van der Waals surface area contributed by atoms with Gasteiger partial charge in [-0.15, -0.1) is 0 Å². The van der Waals surface area contributed by atoms with E-state index >= 15 is 0 Å². The lowest BCUT2D eigenvalue weighted by atomic mass is 9.96. The molecule has 0 aliphatic heterocycles. The summed E-state index contributed by atoms with van der Waals surface area (Å²) in [4.78, 5) is 0. The van der Waals surface area contributed by atoms with Gasteiger partial charge in [0, 0.05) is 27.4 Å². The van der Waals surface area contributed by atoms with E-state index in [9.17, 15) is 0 Å². The van der Waals surface area contributed by atoms with Gasteiger partial charge in [-0.3, -0.25) is 0 Å². The molecule has 11 rings (SSSR count). The number of aromatic nitrogens is 1. The van der Waals surface area contributed by atoms with Crippen molar-refractivity contribution in [1.82, 2.24) is 4.57 Å². The summed E-state index contributed by atoms with van der Waals surface area (Å²) in [7, 11) is 0. The molecule has 10 aromatic rings. The number of hydrogen-bond acceptors (Lipinski definition) is 1. The van der Waals surface area contributed by atoms with Gasteiger partial charge >= 0.3 is 0 Å². The Balaban J connectivity index is 0.000000675. The molecule has 0 unspecified atom stereocenters. The number of hydrogen-bond donors (Lipinski definition) is 0. The highest BCUT2D eigenvalue weighted by Crippen LogP contribution is 2.51. The van der Waals surface area contributed by atoms with Gasteiger partial charge in [-0.25, -0.2) is 0 Å². The quantitative estimate of drug-likeness (QED) is 0.148. The molecule has 0 radical (unpaired) electrons. The summed E-state index contributed by atoms with van der Waals surface area (Å²) < 4.78 is 8.54. The molecule has 286 valence electrons. The van der Waals surface area contributed by atoms with Gasteiger partial charge in [0.1, 0.15) is 11.3 Å². The monoisotopic (exact) mass is 769 g/mol. The Morgan fingerprint density at radius 2 is 1.02 bits per heavy atom. The Labute approximate surface area is 351 Å². The van der Waals surface area contributed by atoms with Crippen molar-refractivity contribution in [1.29, 1.82) is 0 Å². The summed E-state index contributed by atoms with van der Waals surface area (Å²) in [5.41, 5.74) is 17.6. The number of allylic oxidation sites excluding steroid dienone is 4. The van der Waals surface area contributed by atoms with E-state index in [4.69, 9.17) is 4.42 Å². The van der Waals surface area contributed by atoms with Gasteiger partial charge in [0.25, 0.3) is 0 Å². The zero-order valence-corrected chi connectivity index (χ0v) is 33.8. The summed E-state index contributed by atoms with van der Waals surface area (Å²) in [6.45, 7) is 12.0.